The quantitative estimate of drug-likeness (QED) is 0.328. The molecule has 0 spiro atoms. The second kappa shape index (κ2) is 2.56. The standard InChI is InChI=1S/C7H6BNO/c8-7-3-6(9)2-1-5(7)4-10/h1-4H,9H2. The van der Waals surface area contributed by atoms with Crippen molar-refractivity contribution >= 4 is 25.3 Å². The van der Waals surface area contributed by atoms with Gasteiger partial charge in [-0.3, -0.25) is 4.79 Å². The lowest BCUT2D eigenvalue weighted by molar-refractivity contribution is 0.112. The zero-order valence-corrected chi connectivity index (χ0v) is 5.37. The Kier molecular flexibility index (Phi) is 1.76. The molecule has 0 aliphatic carbocycles. The van der Waals surface area contributed by atoms with Gasteiger partial charge >= 0.3 is 0 Å². The van der Waals surface area contributed by atoms with E-state index in [-0.39, 0.29) is 0 Å². The minimum absolute atomic E-state index is 0.426. The van der Waals surface area contributed by atoms with Crippen LogP contribution in [0, 0.1) is 0 Å². The van der Waals surface area contributed by atoms with E-state index in [1.165, 1.54) is 0 Å². The van der Waals surface area contributed by atoms with E-state index in [2.05, 4.69) is 0 Å². The van der Waals surface area contributed by atoms with Crippen LogP contribution in [-0.4, -0.2) is 14.1 Å². The average Bonchev–Trinajstić information content (AvgIpc) is 1.88. The minimum atomic E-state index is 0.426. The van der Waals surface area contributed by atoms with Crippen LogP contribution >= 0.6 is 0 Å². The van der Waals surface area contributed by atoms with Crippen molar-refractivity contribution in [2.45, 2.75) is 0 Å². The van der Waals surface area contributed by atoms with Crippen molar-refractivity contribution in [3.8, 4) is 0 Å². The first-order valence-corrected chi connectivity index (χ1v) is 2.84. The highest BCUT2D eigenvalue weighted by atomic mass is 16.1. The van der Waals surface area contributed by atoms with Gasteiger partial charge in [-0.15, -0.1) is 0 Å². The summed E-state index contributed by atoms with van der Waals surface area (Å²) in [6.07, 6.45) is 0.703. The summed E-state index contributed by atoms with van der Waals surface area (Å²) in [6.45, 7) is 0. The number of aldehydes is 1. The maximum Gasteiger partial charge on any atom is 0.149 e. The topological polar surface area (TPSA) is 43.1 Å². The van der Waals surface area contributed by atoms with E-state index < -0.39 is 0 Å². The van der Waals surface area contributed by atoms with Crippen LogP contribution in [0.15, 0.2) is 18.2 Å². The van der Waals surface area contributed by atoms with E-state index >= 15 is 0 Å². The summed E-state index contributed by atoms with van der Waals surface area (Å²) in [5.41, 5.74) is 6.87. The predicted octanol–water partition coefficient (Wildman–Crippen LogP) is -0.125. The summed E-state index contributed by atoms with van der Waals surface area (Å²) in [4.78, 5) is 10.2. The number of carbonyl (C=O) groups excluding carboxylic acids is 1. The Morgan fingerprint density at radius 3 is 2.70 bits per heavy atom. The lowest BCUT2D eigenvalue weighted by atomic mass is 9.91. The van der Waals surface area contributed by atoms with Crippen molar-refractivity contribution in [2.24, 2.45) is 0 Å². The smallest absolute Gasteiger partial charge is 0.149 e. The Labute approximate surface area is 60.4 Å². The molecule has 0 amide bonds. The zero-order chi connectivity index (χ0) is 7.56. The molecule has 2 radical (unpaired) electrons. The monoisotopic (exact) mass is 131 g/mol. The van der Waals surface area contributed by atoms with Crippen molar-refractivity contribution in [1.29, 1.82) is 0 Å². The third-order valence-corrected chi connectivity index (χ3v) is 1.24. The van der Waals surface area contributed by atoms with Gasteiger partial charge in [0.1, 0.15) is 14.1 Å². The van der Waals surface area contributed by atoms with E-state index in [1.54, 1.807) is 18.2 Å². The molecule has 3 heteroatoms. The lowest BCUT2D eigenvalue weighted by Crippen LogP contribution is -2.09. The van der Waals surface area contributed by atoms with Crippen molar-refractivity contribution in [2.75, 3.05) is 5.73 Å². The Balaban J connectivity index is 3.19. The molecular formula is C7H6BNO. The van der Waals surface area contributed by atoms with E-state index in [0.717, 1.165) is 0 Å². The van der Waals surface area contributed by atoms with E-state index in [1.807, 2.05) is 0 Å². The van der Waals surface area contributed by atoms with Crippen molar-refractivity contribution in [3.05, 3.63) is 23.8 Å². The molecule has 0 aromatic heterocycles. The molecule has 0 aliphatic heterocycles. The highest BCUT2D eigenvalue weighted by molar-refractivity contribution is 6.35. The van der Waals surface area contributed by atoms with Gasteiger partial charge in [0.15, 0.2) is 0 Å². The van der Waals surface area contributed by atoms with E-state index in [4.69, 9.17) is 13.6 Å². The number of carbonyl (C=O) groups is 1. The third-order valence-electron chi connectivity index (χ3n) is 1.24. The summed E-state index contributed by atoms with van der Waals surface area (Å²) < 4.78 is 0. The molecule has 1 rings (SSSR count). The van der Waals surface area contributed by atoms with Crippen LogP contribution in [0.4, 0.5) is 5.69 Å². The highest BCUT2D eigenvalue weighted by Crippen LogP contribution is 1.99. The van der Waals surface area contributed by atoms with Crippen molar-refractivity contribution in [3.63, 3.8) is 0 Å². The summed E-state index contributed by atoms with van der Waals surface area (Å²) in [5.74, 6) is 0. The van der Waals surface area contributed by atoms with E-state index in [0.29, 0.717) is 23.0 Å². The van der Waals surface area contributed by atoms with Crippen LogP contribution in [0.1, 0.15) is 10.4 Å². The molecule has 0 heterocycles. The highest BCUT2D eigenvalue weighted by Gasteiger charge is 1.93. The lowest BCUT2D eigenvalue weighted by Gasteiger charge is -1.98. The maximum absolute atomic E-state index is 10.2. The molecule has 0 saturated carbocycles. The first-order valence-electron chi connectivity index (χ1n) is 2.84. The molecule has 48 valence electrons. The summed E-state index contributed by atoms with van der Waals surface area (Å²) in [6, 6.07) is 4.79. The number of nitrogen functional groups attached to an aromatic ring is 1. The zero-order valence-electron chi connectivity index (χ0n) is 5.37. The Bertz CT molecular complexity index is 260. The van der Waals surface area contributed by atoms with Gasteiger partial charge in [0, 0.05) is 11.3 Å². The molecule has 2 N–H and O–H groups in total. The Morgan fingerprint density at radius 1 is 1.50 bits per heavy atom. The molecular weight excluding hydrogens is 125 g/mol. The van der Waals surface area contributed by atoms with E-state index in [9.17, 15) is 4.79 Å². The normalized spacial score (nSPS) is 9.20. The fourth-order valence-electron chi connectivity index (χ4n) is 0.701. The number of nitrogens with two attached hydrogens (primary N) is 1. The van der Waals surface area contributed by atoms with Crippen LogP contribution in [0.2, 0.25) is 0 Å². The van der Waals surface area contributed by atoms with Crippen molar-refractivity contribution < 1.29 is 4.79 Å². The largest absolute Gasteiger partial charge is 0.399 e. The van der Waals surface area contributed by atoms with Gasteiger partial charge < -0.3 is 5.73 Å². The molecule has 0 bridgehead atoms. The van der Waals surface area contributed by atoms with Gasteiger partial charge in [-0.2, -0.15) is 0 Å². The number of hydrogen-bond acceptors (Lipinski definition) is 2. The number of rotatable bonds is 1. The third kappa shape index (κ3) is 1.18. The fourth-order valence-corrected chi connectivity index (χ4v) is 0.701. The number of anilines is 1. The minimum Gasteiger partial charge on any atom is -0.399 e. The molecule has 0 atom stereocenters. The predicted molar refractivity (Wildman–Crippen MR) is 41.6 cm³/mol. The molecule has 2 nitrogen and oxygen atoms in total. The molecule has 1 aromatic carbocycles. The second-order valence-electron chi connectivity index (χ2n) is 2.01. The second-order valence-corrected chi connectivity index (χ2v) is 2.01. The first-order chi connectivity index (χ1) is 4.74. The first kappa shape index (κ1) is 6.87. The molecule has 10 heavy (non-hydrogen) atoms. The SMILES string of the molecule is [B]c1cc(N)ccc1C=O. The van der Waals surface area contributed by atoms with Gasteiger partial charge in [0.2, 0.25) is 0 Å². The average molecular weight is 131 g/mol. The van der Waals surface area contributed by atoms with Crippen LogP contribution in [0.25, 0.3) is 0 Å². The molecule has 0 fully saturated rings. The Morgan fingerprint density at radius 2 is 2.20 bits per heavy atom. The van der Waals surface area contributed by atoms with Crippen LogP contribution in [0.5, 0.6) is 0 Å². The van der Waals surface area contributed by atoms with Crippen LogP contribution < -0.4 is 11.2 Å². The van der Waals surface area contributed by atoms with Crippen molar-refractivity contribution in [1.82, 2.24) is 0 Å². The van der Waals surface area contributed by atoms with Gasteiger partial charge in [-0.05, 0) is 12.1 Å². The molecule has 0 saturated heterocycles. The van der Waals surface area contributed by atoms with Gasteiger partial charge in [0.25, 0.3) is 0 Å². The molecule has 1 aromatic rings. The fraction of sp³-hybridized carbons (Fsp3) is 0. The molecule has 0 aliphatic rings. The van der Waals surface area contributed by atoms with Gasteiger partial charge in [-0.1, -0.05) is 11.5 Å². The Hall–Kier alpha value is -1.25. The summed E-state index contributed by atoms with van der Waals surface area (Å²) in [5, 5.41) is 0. The van der Waals surface area contributed by atoms with Crippen LogP contribution in [0.3, 0.4) is 0 Å². The number of hydrogen-bond donors (Lipinski definition) is 1. The number of benzene rings is 1. The molecule has 0 unspecified atom stereocenters. The van der Waals surface area contributed by atoms with Gasteiger partial charge in [-0.25, -0.2) is 0 Å². The van der Waals surface area contributed by atoms with Crippen LogP contribution in [-0.2, 0) is 0 Å². The maximum atomic E-state index is 10.2. The summed E-state index contributed by atoms with van der Waals surface area (Å²) >= 11 is 0. The summed E-state index contributed by atoms with van der Waals surface area (Å²) in [7, 11) is 5.42. The van der Waals surface area contributed by atoms with Gasteiger partial charge in [0.05, 0.1) is 0 Å².